The van der Waals surface area contributed by atoms with Gasteiger partial charge in [-0.25, -0.2) is 0 Å². The van der Waals surface area contributed by atoms with Gasteiger partial charge in [0.2, 0.25) is 0 Å². The number of halogens is 2. The molecule has 0 aliphatic carbocycles. The number of ketones is 1. The molecule has 0 aliphatic heterocycles. The van der Waals surface area contributed by atoms with E-state index in [9.17, 15) is 4.79 Å². The molecule has 14 heavy (non-hydrogen) atoms. The second-order valence-corrected chi connectivity index (χ2v) is 3.82. The van der Waals surface area contributed by atoms with Crippen molar-refractivity contribution in [3.8, 4) is 5.75 Å². The van der Waals surface area contributed by atoms with Crippen LogP contribution in [0.2, 0.25) is 0 Å². The number of para-hydroxylation sites is 1. The first-order valence-electron chi connectivity index (χ1n) is 4.19. The zero-order valence-electron chi connectivity index (χ0n) is 7.50. The average molecular weight is 278 g/mol. The standard InChI is InChI=1S/C10H10BrClO2/c11-9-3-1-2-4-10(9)14-6-5-8(13)7-12/h1-4H,5-7H2. The molecule has 1 aromatic carbocycles. The third-order valence-electron chi connectivity index (χ3n) is 1.62. The number of hydrogen-bond acceptors (Lipinski definition) is 2. The van der Waals surface area contributed by atoms with Gasteiger partial charge in [-0.1, -0.05) is 12.1 Å². The number of ether oxygens (including phenoxy) is 1. The fourth-order valence-electron chi connectivity index (χ4n) is 0.903. The predicted octanol–water partition coefficient (Wildman–Crippen LogP) is 3.03. The number of carbonyl (C=O) groups is 1. The maximum Gasteiger partial charge on any atom is 0.150 e. The first-order valence-corrected chi connectivity index (χ1v) is 5.52. The van der Waals surface area contributed by atoms with Gasteiger partial charge in [-0.2, -0.15) is 0 Å². The molecule has 0 fully saturated rings. The quantitative estimate of drug-likeness (QED) is 0.773. The Morgan fingerprint density at radius 1 is 1.43 bits per heavy atom. The highest BCUT2D eigenvalue weighted by molar-refractivity contribution is 9.10. The Morgan fingerprint density at radius 3 is 2.79 bits per heavy atom. The van der Waals surface area contributed by atoms with Crippen LogP contribution in [0.3, 0.4) is 0 Å². The van der Waals surface area contributed by atoms with Gasteiger partial charge >= 0.3 is 0 Å². The molecule has 0 amide bonds. The maximum atomic E-state index is 10.9. The van der Waals surface area contributed by atoms with Crippen molar-refractivity contribution in [3.05, 3.63) is 28.7 Å². The number of Topliss-reactive ketones (excluding diaryl/α,β-unsaturated/α-hetero) is 1. The van der Waals surface area contributed by atoms with Crippen molar-refractivity contribution in [2.75, 3.05) is 12.5 Å². The normalized spacial score (nSPS) is 9.86. The molecule has 0 atom stereocenters. The third-order valence-corrected chi connectivity index (χ3v) is 2.58. The molecular weight excluding hydrogens is 267 g/mol. The molecule has 0 heterocycles. The summed E-state index contributed by atoms with van der Waals surface area (Å²) in [4.78, 5) is 10.9. The van der Waals surface area contributed by atoms with Crippen LogP contribution in [0.15, 0.2) is 28.7 Å². The van der Waals surface area contributed by atoms with Gasteiger partial charge in [0.05, 0.1) is 17.0 Å². The highest BCUT2D eigenvalue weighted by atomic mass is 79.9. The van der Waals surface area contributed by atoms with Gasteiger partial charge in [-0.3, -0.25) is 4.79 Å². The van der Waals surface area contributed by atoms with Crippen molar-refractivity contribution in [2.24, 2.45) is 0 Å². The van der Waals surface area contributed by atoms with E-state index in [-0.39, 0.29) is 11.7 Å². The van der Waals surface area contributed by atoms with Crippen LogP contribution in [-0.2, 0) is 4.79 Å². The van der Waals surface area contributed by atoms with Crippen LogP contribution in [0.1, 0.15) is 6.42 Å². The summed E-state index contributed by atoms with van der Waals surface area (Å²) >= 11 is 8.70. The van der Waals surface area contributed by atoms with E-state index >= 15 is 0 Å². The molecule has 1 aromatic rings. The van der Waals surface area contributed by atoms with Crippen LogP contribution >= 0.6 is 27.5 Å². The lowest BCUT2D eigenvalue weighted by atomic mass is 10.3. The van der Waals surface area contributed by atoms with Gasteiger partial charge in [0.1, 0.15) is 5.75 Å². The summed E-state index contributed by atoms with van der Waals surface area (Å²) in [6.07, 6.45) is 0.352. The zero-order valence-corrected chi connectivity index (χ0v) is 9.85. The van der Waals surface area contributed by atoms with Gasteiger partial charge in [-0.05, 0) is 28.1 Å². The number of rotatable bonds is 5. The monoisotopic (exact) mass is 276 g/mol. The molecule has 1 rings (SSSR count). The molecule has 0 aromatic heterocycles. The summed E-state index contributed by atoms with van der Waals surface area (Å²) < 4.78 is 6.27. The second-order valence-electron chi connectivity index (χ2n) is 2.70. The topological polar surface area (TPSA) is 26.3 Å². The molecule has 0 unspecified atom stereocenters. The van der Waals surface area contributed by atoms with Crippen LogP contribution in [0.5, 0.6) is 5.75 Å². The molecular formula is C10H10BrClO2. The van der Waals surface area contributed by atoms with E-state index in [1.165, 1.54) is 0 Å². The lowest BCUT2D eigenvalue weighted by molar-refractivity contribution is -0.117. The number of carbonyl (C=O) groups excluding carboxylic acids is 1. The van der Waals surface area contributed by atoms with Crippen molar-refractivity contribution in [1.82, 2.24) is 0 Å². The average Bonchev–Trinajstić information content (AvgIpc) is 2.20. The Labute approximate surface area is 96.3 Å². The number of hydrogen-bond donors (Lipinski definition) is 0. The highest BCUT2D eigenvalue weighted by Gasteiger charge is 2.02. The molecule has 0 bridgehead atoms. The van der Waals surface area contributed by atoms with Crippen molar-refractivity contribution in [2.45, 2.75) is 6.42 Å². The van der Waals surface area contributed by atoms with E-state index in [1.807, 2.05) is 24.3 Å². The smallest absolute Gasteiger partial charge is 0.150 e. The summed E-state index contributed by atoms with van der Waals surface area (Å²) in [5.74, 6) is 0.799. The van der Waals surface area contributed by atoms with Crippen LogP contribution < -0.4 is 4.74 Å². The highest BCUT2D eigenvalue weighted by Crippen LogP contribution is 2.23. The zero-order chi connectivity index (χ0) is 10.4. The van der Waals surface area contributed by atoms with Gasteiger partial charge in [0.25, 0.3) is 0 Å². The molecule has 4 heteroatoms. The van der Waals surface area contributed by atoms with Crippen molar-refractivity contribution < 1.29 is 9.53 Å². The Morgan fingerprint density at radius 2 is 2.14 bits per heavy atom. The lowest BCUT2D eigenvalue weighted by Crippen LogP contribution is -2.07. The van der Waals surface area contributed by atoms with E-state index < -0.39 is 0 Å². The van der Waals surface area contributed by atoms with E-state index in [0.29, 0.717) is 13.0 Å². The van der Waals surface area contributed by atoms with Crippen LogP contribution in [0, 0.1) is 0 Å². The van der Waals surface area contributed by atoms with Crippen molar-refractivity contribution in [3.63, 3.8) is 0 Å². The van der Waals surface area contributed by atoms with E-state index in [4.69, 9.17) is 16.3 Å². The van der Waals surface area contributed by atoms with Gasteiger partial charge in [0.15, 0.2) is 5.78 Å². The van der Waals surface area contributed by atoms with Crippen LogP contribution in [-0.4, -0.2) is 18.3 Å². The first-order chi connectivity index (χ1) is 6.74. The van der Waals surface area contributed by atoms with Gasteiger partial charge in [0, 0.05) is 6.42 Å². The minimum atomic E-state index is -0.00118. The SMILES string of the molecule is O=C(CCl)CCOc1ccccc1Br. The Bertz CT molecular complexity index is 315. The fraction of sp³-hybridized carbons (Fsp3) is 0.300. The number of alkyl halides is 1. The largest absolute Gasteiger partial charge is 0.492 e. The van der Waals surface area contributed by atoms with E-state index in [1.54, 1.807) is 0 Å². The minimum absolute atomic E-state index is 0.00118. The lowest BCUT2D eigenvalue weighted by Gasteiger charge is -2.06. The van der Waals surface area contributed by atoms with Gasteiger partial charge in [-0.15, -0.1) is 11.6 Å². The molecule has 0 radical (unpaired) electrons. The van der Waals surface area contributed by atoms with E-state index in [0.717, 1.165) is 10.2 Å². The molecule has 0 saturated heterocycles. The van der Waals surface area contributed by atoms with Crippen molar-refractivity contribution in [1.29, 1.82) is 0 Å². The molecule has 2 nitrogen and oxygen atoms in total. The molecule has 0 saturated carbocycles. The summed E-state index contributed by atoms with van der Waals surface area (Å²) in [6, 6.07) is 7.51. The van der Waals surface area contributed by atoms with Gasteiger partial charge < -0.3 is 4.74 Å². The summed E-state index contributed by atoms with van der Waals surface area (Å²) in [5.41, 5.74) is 0. The summed E-state index contributed by atoms with van der Waals surface area (Å²) in [7, 11) is 0. The molecule has 0 aliphatic rings. The Hall–Kier alpha value is -0.540. The third kappa shape index (κ3) is 3.68. The van der Waals surface area contributed by atoms with E-state index in [2.05, 4.69) is 15.9 Å². The summed E-state index contributed by atoms with van der Waals surface area (Å²) in [5, 5.41) is 0. The van der Waals surface area contributed by atoms with Crippen LogP contribution in [0.25, 0.3) is 0 Å². The molecule has 76 valence electrons. The molecule has 0 N–H and O–H groups in total. The Balaban J connectivity index is 2.39. The predicted molar refractivity (Wildman–Crippen MR) is 60.0 cm³/mol. The Kier molecular flexibility index (Phi) is 4.98. The molecule has 0 spiro atoms. The first kappa shape index (κ1) is 11.5. The van der Waals surface area contributed by atoms with Crippen LogP contribution in [0.4, 0.5) is 0 Å². The second kappa shape index (κ2) is 6.04. The fourth-order valence-corrected chi connectivity index (χ4v) is 1.44. The number of benzene rings is 1. The summed E-state index contributed by atoms with van der Waals surface area (Å²) in [6.45, 7) is 0.369. The van der Waals surface area contributed by atoms with Crippen molar-refractivity contribution >= 4 is 33.3 Å². The maximum absolute atomic E-state index is 10.9. The minimum Gasteiger partial charge on any atom is -0.492 e.